The highest BCUT2D eigenvalue weighted by Gasteiger charge is 2.18. The van der Waals surface area contributed by atoms with Gasteiger partial charge >= 0.3 is 0 Å². The van der Waals surface area contributed by atoms with Crippen molar-refractivity contribution >= 4 is 5.91 Å². The third-order valence-corrected chi connectivity index (χ3v) is 4.49. The Bertz CT molecular complexity index is 672. The number of benzene rings is 1. The normalized spacial score (nSPS) is 17.4. The minimum Gasteiger partial charge on any atom is -0.354 e. The van der Waals surface area contributed by atoms with Gasteiger partial charge < -0.3 is 10.6 Å². The smallest absolute Gasteiger partial charge is 0.224 e. The summed E-state index contributed by atoms with van der Waals surface area (Å²) in [5, 5.41) is 11.0. The predicted octanol–water partition coefficient (Wildman–Crippen LogP) is 1.90. The van der Waals surface area contributed by atoms with Crippen molar-refractivity contribution in [2.75, 3.05) is 13.1 Å². The second kappa shape index (κ2) is 6.96. The molecule has 1 unspecified atom stereocenters. The first-order chi connectivity index (χ1) is 11.1. The Morgan fingerprint density at radius 1 is 1.35 bits per heavy atom. The fourth-order valence-electron chi connectivity index (χ4n) is 3.14. The molecule has 1 saturated heterocycles. The zero-order valence-corrected chi connectivity index (χ0v) is 13.8. The molecule has 1 fully saturated rings. The van der Waals surface area contributed by atoms with Gasteiger partial charge in [-0.25, -0.2) is 4.68 Å². The van der Waals surface area contributed by atoms with Gasteiger partial charge in [-0.1, -0.05) is 18.2 Å². The first-order valence-corrected chi connectivity index (χ1v) is 8.26. The van der Waals surface area contributed by atoms with Gasteiger partial charge in [0, 0.05) is 23.8 Å². The quantitative estimate of drug-likeness (QED) is 0.886. The Morgan fingerprint density at radius 2 is 2.13 bits per heavy atom. The van der Waals surface area contributed by atoms with Crippen LogP contribution in [0.25, 0.3) is 5.69 Å². The number of hydrogen-bond acceptors (Lipinski definition) is 3. The van der Waals surface area contributed by atoms with E-state index in [1.807, 2.05) is 48.9 Å². The fourth-order valence-corrected chi connectivity index (χ4v) is 3.14. The van der Waals surface area contributed by atoms with Crippen LogP contribution in [0.2, 0.25) is 0 Å². The zero-order valence-electron chi connectivity index (χ0n) is 13.8. The second-order valence-electron chi connectivity index (χ2n) is 6.17. The van der Waals surface area contributed by atoms with E-state index in [1.54, 1.807) is 0 Å². The highest BCUT2D eigenvalue weighted by molar-refractivity contribution is 5.79. The van der Waals surface area contributed by atoms with Crippen LogP contribution in [0.1, 0.15) is 29.8 Å². The molecular formula is C18H24N4O. The van der Waals surface area contributed by atoms with Crippen LogP contribution in [0, 0.1) is 13.8 Å². The molecule has 1 amide bonds. The number of aryl methyl sites for hydroxylation is 1. The van der Waals surface area contributed by atoms with Gasteiger partial charge in [-0.15, -0.1) is 0 Å². The molecule has 1 aromatic carbocycles. The van der Waals surface area contributed by atoms with Crippen molar-refractivity contribution in [1.29, 1.82) is 0 Å². The topological polar surface area (TPSA) is 59.0 Å². The summed E-state index contributed by atoms with van der Waals surface area (Å²) in [7, 11) is 0. The molecule has 23 heavy (non-hydrogen) atoms. The summed E-state index contributed by atoms with van der Waals surface area (Å²) < 4.78 is 1.91. The number of carbonyl (C=O) groups excluding carboxylic acids is 1. The van der Waals surface area contributed by atoms with Crippen LogP contribution in [-0.4, -0.2) is 34.8 Å². The summed E-state index contributed by atoms with van der Waals surface area (Å²) in [6, 6.07) is 10.4. The summed E-state index contributed by atoms with van der Waals surface area (Å²) in [4.78, 5) is 12.2. The number of amides is 1. The average Bonchev–Trinajstić information content (AvgIpc) is 3.17. The molecule has 1 atom stereocenters. The van der Waals surface area contributed by atoms with Crippen LogP contribution >= 0.6 is 0 Å². The molecule has 1 aromatic heterocycles. The number of nitrogens with one attached hydrogen (secondary N) is 2. The van der Waals surface area contributed by atoms with Crippen LogP contribution in [0.5, 0.6) is 0 Å². The van der Waals surface area contributed by atoms with E-state index in [4.69, 9.17) is 0 Å². The van der Waals surface area contributed by atoms with Gasteiger partial charge in [0.15, 0.2) is 0 Å². The molecular weight excluding hydrogens is 288 g/mol. The molecule has 0 spiro atoms. The Labute approximate surface area is 137 Å². The molecule has 1 aliphatic rings. The van der Waals surface area contributed by atoms with Gasteiger partial charge in [-0.3, -0.25) is 4.79 Å². The Kier molecular flexibility index (Phi) is 4.76. The van der Waals surface area contributed by atoms with Gasteiger partial charge in [-0.05, 0) is 45.4 Å². The maximum absolute atomic E-state index is 12.2. The van der Waals surface area contributed by atoms with E-state index >= 15 is 0 Å². The molecule has 0 bridgehead atoms. The van der Waals surface area contributed by atoms with E-state index in [9.17, 15) is 4.79 Å². The number of nitrogens with zero attached hydrogens (tertiary/aromatic N) is 2. The molecule has 5 nitrogen and oxygen atoms in total. The van der Waals surface area contributed by atoms with Crippen molar-refractivity contribution in [1.82, 2.24) is 20.4 Å². The van der Waals surface area contributed by atoms with Crippen LogP contribution in [0.15, 0.2) is 30.3 Å². The van der Waals surface area contributed by atoms with Crippen molar-refractivity contribution in [3.8, 4) is 5.69 Å². The van der Waals surface area contributed by atoms with E-state index in [0.717, 1.165) is 35.6 Å². The van der Waals surface area contributed by atoms with Crippen LogP contribution in [0.4, 0.5) is 0 Å². The molecule has 122 valence electrons. The molecule has 0 radical (unpaired) electrons. The minimum atomic E-state index is 0.0671. The third kappa shape index (κ3) is 3.62. The summed E-state index contributed by atoms with van der Waals surface area (Å²) in [6.07, 6.45) is 2.73. The standard InChI is InChI=1S/C18H24N4O/c1-13-17(11-18(23)20-12-15-7-6-10-19-15)14(2)22(21-13)16-8-4-3-5-9-16/h3-5,8-9,15,19H,6-7,10-12H2,1-2H3,(H,20,23). The minimum absolute atomic E-state index is 0.0671. The fraction of sp³-hybridized carbons (Fsp3) is 0.444. The van der Waals surface area contributed by atoms with Gasteiger partial charge in [0.25, 0.3) is 0 Å². The molecule has 3 rings (SSSR count). The molecule has 0 aliphatic carbocycles. The first kappa shape index (κ1) is 15.7. The van der Waals surface area contributed by atoms with E-state index in [0.29, 0.717) is 19.0 Å². The maximum Gasteiger partial charge on any atom is 0.224 e. The third-order valence-electron chi connectivity index (χ3n) is 4.49. The molecule has 2 aromatic rings. The van der Waals surface area contributed by atoms with Gasteiger partial charge in [0.2, 0.25) is 5.91 Å². The van der Waals surface area contributed by atoms with Gasteiger partial charge in [0.1, 0.15) is 0 Å². The van der Waals surface area contributed by atoms with Crippen molar-refractivity contribution in [3.05, 3.63) is 47.3 Å². The highest BCUT2D eigenvalue weighted by atomic mass is 16.1. The lowest BCUT2D eigenvalue weighted by molar-refractivity contribution is -0.120. The zero-order chi connectivity index (χ0) is 16.2. The molecule has 5 heteroatoms. The van der Waals surface area contributed by atoms with Crippen molar-refractivity contribution in [3.63, 3.8) is 0 Å². The summed E-state index contributed by atoms with van der Waals surface area (Å²) in [5.41, 5.74) is 3.99. The molecule has 0 saturated carbocycles. The Morgan fingerprint density at radius 3 is 2.83 bits per heavy atom. The first-order valence-electron chi connectivity index (χ1n) is 8.26. The van der Waals surface area contributed by atoms with Crippen molar-refractivity contribution in [2.24, 2.45) is 0 Å². The average molecular weight is 312 g/mol. The van der Waals surface area contributed by atoms with Gasteiger partial charge in [-0.2, -0.15) is 5.10 Å². The van der Waals surface area contributed by atoms with Crippen LogP contribution in [0.3, 0.4) is 0 Å². The number of aromatic nitrogens is 2. The lowest BCUT2D eigenvalue weighted by Crippen LogP contribution is -2.37. The number of rotatable bonds is 5. The predicted molar refractivity (Wildman–Crippen MR) is 90.8 cm³/mol. The SMILES string of the molecule is Cc1nn(-c2ccccc2)c(C)c1CC(=O)NCC1CCCN1. The Balaban J connectivity index is 1.68. The number of para-hydroxylation sites is 1. The summed E-state index contributed by atoms with van der Waals surface area (Å²) in [6.45, 7) is 5.76. The van der Waals surface area contributed by atoms with E-state index in [-0.39, 0.29) is 5.91 Å². The second-order valence-corrected chi connectivity index (χ2v) is 6.17. The van der Waals surface area contributed by atoms with E-state index < -0.39 is 0 Å². The number of hydrogen-bond donors (Lipinski definition) is 2. The lowest BCUT2D eigenvalue weighted by atomic mass is 10.1. The monoisotopic (exact) mass is 312 g/mol. The lowest BCUT2D eigenvalue weighted by Gasteiger charge is -2.11. The highest BCUT2D eigenvalue weighted by Crippen LogP contribution is 2.18. The Hall–Kier alpha value is -2.14. The van der Waals surface area contributed by atoms with E-state index in [1.165, 1.54) is 6.42 Å². The van der Waals surface area contributed by atoms with Crippen LogP contribution in [-0.2, 0) is 11.2 Å². The number of carbonyl (C=O) groups is 1. The van der Waals surface area contributed by atoms with E-state index in [2.05, 4.69) is 15.7 Å². The molecule has 2 N–H and O–H groups in total. The largest absolute Gasteiger partial charge is 0.354 e. The molecule has 2 heterocycles. The molecule has 1 aliphatic heterocycles. The summed E-state index contributed by atoms with van der Waals surface area (Å²) >= 11 is 0. The summed E-state index contributed by atoms with van der Waals surface area (Å²) in [5.74, 6) is 0.0671. The van der Waals surface area contributed by atoms with Gasteiger partial charge in [0.05, 0.1) is 17.8 Å². The van der Waals surface area contributed by atoms with Crippen molar-refractivity contribution < 1.29 is 4.79 Å². The maximum atomic E-state index is 12.2. The van der Waals surface area contributed by atoms with Crippen molar-refractivity contribution in [2.45, 2.75) is 39.2 Å². The van der Waals surface area contributed by atoms with Crippen LogP contribution < -0.4 is 10.6 Å².